The first-order valence-electron chi connectivity index (χ1n) is 6.91. The number of carbonyl (C=O) groups excluding carboxylic acids is 2. The zero-order chi connectivity index (χ0) is 16.7. The minimum Gasteiger partial charge on any atom is -0.358 e. The van der Waals surface area contributed by atoms with Gasteiger partial charge in [-0.2, -0.15) is 0 Å². The number of hydrogen-bond acceptors (Lipinski definition) is 4. The molecule has 0 bridgehead atoms. The number of halogens is 1. The van der Waals surface area contributed by atoms with Crippen molar-refractivity contribution in [1.29, 1.82) is 0 Å². The summed E-state index contributed by atoms with van der Waals surface area (Å²) in [5.41, 5.74) is 0.330. The number of nitrogens with one attached hydrogen (secondary N) is 1. The Morgan fingerprint density at radius 1 is 1.32 bits per heavy atom. The van der Waals surface area contributed by atoms with Crippen LogP contribution in [0.3, 0.4) is 0 Å². The van der Waals surface area contributed by atoms with Gasteiger partial charge in [0.2, 0.25) is 5.91 Å². The molecule has 0 radical (unpaired) electrons. The molecule has 0 aliphatic carbocycles. The van der Waals surface area contributed by atoms with E-state index in [9.17, 15) is 14.0 Å². The average Bonchev–Trinajstić information content (AvgIpc) is 2.45. The highest BCUT2D eigenvalue weighted by atomic mass is 32.2. The van der Waals surface area contributed by atoms with E-state index in [1.165, 1.54) is 30.8 Å². The van der Waals surface area contributed by atoms with E-state index in [0.717, 1.165) is 19.2 Å². The molecule has 1 N–H and O–H groups in total. The monoisotopic (exact) mass is 342 g/mol. The molecule has 0 aliphatic heterocycles. The largest absolute Gasteiger partial charge is 0.358 e. The summed E-state index contributed by atoms with van der Waals surface area (Å²) in [6, 6.07) is 4.02. The molecule has 0 fully saturated rings. The SMILES string of the molecule is CCN(CC)C(=S)SCC(=O)c1ccc(NC(C)=O)cc1F. The van der Waals surface area contributed by atoms with Crippen molar-refractivity contribution >= 4 is 45.7 Å². The van der Waals surface area contributed by atoms with Crippen molar-refractivity contribution in [2.75, 3.05) is 24.2 Å². The molecule has 4 nitrogen and oxygen atoms in total. The number of Topliss-reactive ketones (excluding diaryl/α,β-unsaturated/α-hetero) is 1. The van der Waals surface area contributed by atoms with Crippen LogP contribution < -0.4 is 5.32 Å². The summed E-state index contributed by atoms with van der Waals surface area (Å²) in [6.45, 7) is 6.85. The number of amides is 1. The van der Waals surface area contributed by atoms with Crippen molar-refractivity contribution in [1.82, 2.24) is 4.90 Å². The lowest BCUT2D eigenvalue weighted by atomic mass is 10.1. The van der Waals surface area contributed by atoms with Crippen molar-refractivity contribution in [3.63, 3.8) is 0 Å². The first-order chi connectivity index (χ1) is 10.4. The van der Waals surface area contributed by atoms with E-state index >= 15 is 0 Å². The molecule has 1 aromatic rings. The minimum atomic E-state index is -0.648. The number of benzene rings is 1. The second-order valence-electron chi connectivity index (χ2n) is 4.53. The molecule has 0 saturated carbocycles. The van der Waals surface area contributed by atoms with Gasteiger partial charge in [-0.3, -0.25) is 9.59 Å². The third-order valence-electron chi connectivity index (χ3n) is 2.94. The van der Waals surface area contributed by atoms with Crippen LogP contribution in [0.1, 0.15) is 31.1 Å². The van der Waals surface area contributed by atoms with Gasteiger partial charge >= 0.3 is 0 Å². The summed E-state index contributed by atoms with van der Waals surface area (Å²) in [5.74, 6) is -1.18. The molecule has 1 rings (SSSR count). The number of carbonyl (C=O) groups is 2. The molecule has 7 heteroatoms. The van der Waals surface area contributed by atoms with Crippen LogP contribution in [0.15, 0.2) is 18.2 Å². The summed E-state index contributed by atoms with van der Waals surface area (Å²) in [7, 11) is 0. The quantitative estimate of drug-likeness (QED) is 0.635. The highest BCUT2D eigenvalue weighted by Crippen LogP contribution is 2.18. The molecule has 0 atom stereocenters. The molecular formula is C15H19FN2O2S2. The lowest BCUT2D eigenvalue weighted by Crippen LogP contribution is -2.27. The molecule has 0 unspecified atom stereocenters. The fourth-order valence-electron chi connectivity index (χ4n) is 1.80. The van der Waals surface area contributed by atoms with Crippen LogP contribution in [0.4, 0.5) is 10.1 Å². The van der Waals surface area contributed by atoms with Crippen LogP contribution in [0.2, 0.25) is 0 Å². The number of rotatable bonds is 6. The normalized spacial score (nSPS) is 10.2. The Bertz CT molecular complexity index is 575. The van der Waals surface area contributed by atoms with Crippen LogP contribution in [0.25, 0.3) is 0 Å². The Morgan fingerprint density at radius 3 is 2.45 bits per heavy atom. The fourth-order valence-corrected chi connectivity index (χ4v) is 3.09. The molecule has 0 heterocycles. The second-order valence-corrected chi connectivity index (χ2v) is 6.14. The van der Waals surface area contributed by atoms with Crippen LogP contribution >= 0.6 is 24.0 Å². The first-order valence-corrected chi connectivity index (χ1v) is 8.30. The Kier molecular flexibility index (Phi) is 7.47. The number of thiocarbonyl (C=S) groups is 1. The molecule has 0 spiro atoms. The summed E-state index contributed by atoms with van der Waals surface area (Å²) in [4.78, 5) is 25.0. The van der Waals surface area contributed by atoms with E-state index in [4.69, 9.17) is 12.2 Å². The van der Waals surface area contributed by atoms with Gasteiger partial charge < -0.3 is 10.2 Å². The molecular weight excluding hydrogens is 323 g/mol. The lowest BCUT2D eigenvalue weighted by molar-refractivity contribution is -0.114. The molecule has 120 valence electrons. The minimum absolute atomic E-state index is 0.00366. The van der Waals surface area contributed by atoms with E-state index < -0.39 is 5.82 Å². The molecule has 22 heavy (non-hydrogen) atoms. The molecule has 0 saturated heterocycles. The van der Waals surface area contributed by atoms with E-state index in [1.807, 2.05) is 18.7 Å². The molecule has 1 amide bonds. The number of nitrogens with zero attached hydrogens (tertiary/aromatic N) is 1. The van der Waals surface area contributed by atoms with Gasteiger partial charge in [0, 0.05) is 25.7 Å². The van der Waals surface area contributed by atoms with E-state index in [0.29, 0.717) is 10.0 Å². The number of anilines is 1. The summed E-state index contributed by atoms with van der Waals surface area (Å²) >= 11 is 6.47. The molecule has 0 aliphatic rings. The van der Waals surface area contributed by atoms with Crippen LogP contribution in [0.5, 0.6) is 0 Å². The smallest absolute Gasteiger partial charge is 0.221 e. The third-order valence-corrected chi connectivity index (χ3v) is 4.46. The van der Waals surface area contributed by atoms with Gasteiger partial charge in [-0.25, -0.2) is 4.39 Å². The van der Waals surface area contributed by atoms with Gasteiger partial charge in [-0.15, -0.1) is 0 Å². The van der Waals surface area contributed by atoms with Crippen molar-refractivity contribution < 1.29 is 14.0 Å². The Morgan fingerprint density at radius 2 is 1.95 bits per heavy atom. The van der Waals surface area contributed by atoms with Crippen LogP contribution in [-0.2, 0) is 4.79 Å². The average molecular weight is 342 g/mol. The fraction of sp³-hybridized carbons (Fsp3) is 0.400. The predicted molar refractivity (Wildman–Crippen MR) is 93.0 cm³/mol. The third kappa shape index (κ3) is 5.38. The maximum atomic E-state index is 13.9. The first kappa shape index (κ1) is 18.6. The molecule has 1 aromatic carbocycles. The lowest BCUT2D eigenvalue weighted by Gasteiger charge is -2.20. The second kappa shape index (κ2) is 8.85. The Balaban J connectivity index is 2.70. The molecule has 0 aromatic heterocycles. The van der Waals surface area contributed by atoms with Gasteiger partial charge in [-0.05, 0) is 32.0 Å². The van der Waals surface area contributed by atoms with Gasteiger partial charge in [0.1, 0.15) is 10.1 Å². The maximum Gasteiger partial charge on any atom is 0.221 e. The van der Waals surface area contributed by atoms with Gasteiger partial charge in [-0.1, -0.05) is 24.0 Å². The van der Waals surface area contributed by atoms with E-state index in [1.54, 1.807) is 0 Å². The summed E-state index contributed by atoms with van der Waals surface area (Å²) in [6.07, 6.45) is 0. The Labute approximate surface area is 139 Å². The van der Waals surface area contributed by atoms with Crippen LogP contribution in [-0.4, -0.2) is 39.8 Å². The van der Waals surface area contributed by atoms with E-state index in [2.05, 4.69) is 5.32 Å². The number of hydrogen-bond donors (Lipinski definition) is 1. The highest BCUT2D eigenvalue weighted by Gasteiger charge is 2.15. The highest BCUT2D eigenvalue weighted by molar-refractivity contribution is 8.23. The summed E-state index contributed by atoms with van der Waals surface area (Å²) < 4.78 is 14.6. The Hall–Kier alpha value is -1.47. The van der Waals surface area contributed by atoms with Gasteiger partial charge in [0.25, 0.3) is 0 Å². The van der Waals surface area contributed by atoms with Crippen molar-refractivity contribution in [3.05, 3.63) is 29.6 Å². The zero-order valence-electron chi connectivity index (χ0n) is 12.8. The maximum absolute atomic E-state index is 13.9. The van der Waals surface area contributed by atoms with Gasteiger partial charge in [0.15, 0.2) is 5.78 Å². The van der Waals surface area contributed by atoms with Crippen molar-refractivity contribution in [2.24, 2.45) is 0 Å². The van der Waals surface area contributed by atoms with Crippen molar-refractivity contribution in [3.8, 4) is 0 Å². The number of ketones is 1. The standard InChI is InChI=1S/C15H19FN2O2S2/c1-4-18(5-2)15(21)22-9-14(20)12-7-6-11(8-13(12)16)17-10(3)19/h6-8H,4-5,9H2,1-3H3,(H,17,19). The van der Waals surface area contributed by atoms with Crippen molar-refractivity contribution in [2.45, 2.75) is 20.8 Å². The number of thioether (sulfide) groups is 1. The summed E-state index contributed by atoms with van der Waals surface area (Å²) in [5, 5.41) is 2.47. The zero-order valence-corrected chi connectivity index (χ0v) is 14.4. The van der Waals surface area contributed by atoms with Crippen LogP contribution in [0, 0.1) is 5.82 Å². The van der Waals surface area contributed by atoms with Gasteiger partial charge in [0.05, 0.1) is 11.3 Å². The topological polar surface area (TPSA) is 49.4 Å². The van der Waals surface area contributed by atoms with E-state index in [-0.39, 0.29) is 23.0 Å². The predicted octanol–water partition coefficient (Wildman–Crippen LogP) is 3.33.